The molecule has 0 amide bonds. The van der Waals surface area contributed by atoms with E-state index in [1.165, 1.54) is 25.6 Å². The fourth-order valence-electron chi connectivity index (χ4n) is 5.55. The van der Waals surface area contributed by atoms with Gasteiger partial charge in [0, 0.05) is 6.07 Å². The van der Waals surface area contributed by atoms with Crippen molar-refractivity contribution in [2.24, 2.45) is 23.2 Å². The molecule has 0 atom stereocenters. The number of hydrogen-bond acceptors (Lipinski definition) is 5. The van der Waals surface area contributed by atoms with Gasteiger partial charge in [-0.3, -0.25) is 4.79 Å². The number of aromatic nitrogens is 4. The Bertz CT molecular complexity index is 736. The molecule has 0 saturated heterocycles. The van der Waals surface area contributed by atoms with Crippen LogP contribution in [0, 0.1) is 23.2 Å². The van der Waals surface area contributed by atoms with Gasteiger partial charge in [-0.15, -0.1) is 5.10 Å². The molecule has 1 heterocycles. The summed E-state index contributed by atoms with van der Waals surface area (Å²) in [6, 6.07) is 7.39. The predicted molar refractivity (Wildman–Crippen MR) is 85.4 cm³/mol. The topological polar surface area (TPSA) is 69.9 Å². The zero-order valence-corrected chi connectivity index (χ0v) is 13.5. The molecule has 1 aromatic carbocycles. The van der Waals surface area contributed by atoms with Crippen LogP contribution in [0.3, 0.4) is 0 Å². The Hall–Kier alpha value is -2.24. The van der Waals surface area contributed by atoms with Gasteiger partial charge in [-0.25, -0.2) is 4.68 Å². The number of esters is 1. The molecule has 0 radical (unpaired) electrons. The van der Waals surface area contributed by atoms with Gasteiger partial charge in [0.1, 0.15) is 12.1 Å². The summed E-state index contributed by atoms with van der Waals surface area (Å²) in [6.45, 7) is 0. The molecule has 0 N–H and O–H groups in total. The summed E-state index contributed by atoms with van der Waals surface area (Å²) in [4.78, 5) is 13.0. The molecule has 124 valence electrons. The summed E-state index contributed by atoms with van der Waals surface area (Å²) >= 11 is 0. The lowest BCUT2D eigenvalue weighted by molar-refractivity contribution is -0.161. The van der Waals surface area contributed by atoms with Crippen LogP contribution < -0.4 is 4.74 Å². The minimum Gasteiger partial charge on any atom is -0.426 e. The molecule has 24 heavy (non-hydrogen) atoms. The summed E-state index contributed by atoms with van der Waals surface area (Å²) in [5, 5.41) is 11.2. The zero-order chi connectivity index (χ0) is 16.1. The third-order valence-electron chi connectivity index (χ3n) is 6.11. The van der Waals surface area contributed by atoms with Gasteiger partial charge in [0.15, 0.2) is 0 Å². The number of rotatable bonds is 3. The fourth-order valence-corrected chi connectivity index (χ4v) is 5.55. The molecule has 0 unspecified atom stereocenters. The second-order valence-electron chi connectivity index (χ2n) is 7.84. The summed E-state index contributed by atoms with van der Waals surface area (Å²) in [7, 11) is 0. The van der Waals surface area contributed by atoms with Crippen LogP contribution in [0.15, 0.2) is 30.6 Å². The second kappa shape index (κ2) is 5.13. The quantitative estimate of drug-likeness (QED) is 0.641. The Labute approximate surface area is 140 Å². The first-order chi connectivity index (χ1) is 11.7. The summed E-state index contributed by atoms with van der Waals surface area (Å²) in [5.41, 5.74) is 0.551. The Morgan fingerprint density at radius 2 is 1.83 bits per heavy atom. The third-order valence-corrected chi connectivity index (χ3v) is 6.11. The molecule has 4 aliphatic rings. The minimum absolute atomic E-state index is 0.0320. The molecule has 6 rings (SSSR count). The molecule has 0 aliphatic heterocycles. The lowest BCUT2D eigenvalue weighted by Gasteiger charge is -2.55. The maximum absolute atomic E-state index is 13.0. The van der Waals surface area contributed by atoms with Crippen LogP contribution >= 0.6 is 0 Å². The Balaban J connectivity index is 1.38. The van der Waals surface area contributed by atoms with Crippen molar-refractivity contribution in [2.75, 3.05) is 0 Å². The van der Waals surface area contributed by atoms with Gasteiger partial charge >= 0.3 is 5.97 Å². The van der Waals surface area contributed by atoms with Crippen molar-refractivity contribution < 1.29 is 9.53 Å². The van der Waals surface area contributed by atoms with E-state index in [9.17, 15) is 4.79 Å². The van der Waals surface area contributed by atoms with E-state index in [4.69, 9.17) is 4.74 Å². The molecule has 2 aromatic rings. The van der Waals surface area contributed by atoms with Crippen LogP contribution in [0.4, 0.5) is 0 Å². The lowest BCUT2D eigenvalue weighted by atomic mass is 9.49. The highest BCUT2D eigenvalue weighted by Crippen LogP contribution is 2.60. The van der Waals surface area contributed by atoms with Crippen LogP contribution in [0.25, 0.3) is 5.69 Å². The molecular weight excluding hydrogens is 304 g/mol. The maximum Gasteiger partial charge on any atom is 0.317 e. The first-order valence-corrected chi connectivity index (χ1v) is 8.76. The highest BCUT2D eigenvalue weighted by atomic mass is 16.5. The number of tetrazole rings is 1. The smallest absolute Gasteiger partial charge is 0.317 e. The van der Waals surface area contributed by atoms with Gasteiger partial charge in [-0.2, -0.15) is 0 Å². The third kappa shape index (κ3) is 2.24. The monoisotopic (exact) mass is 324 g/mol. The molecule has 4 saturated carbocycles. The van der Waals surface area contributed by atoms with Crippen molar-refractivity contribution in [3.63, 3.8) is 0 Å². The van der Waals surface area contributed by atoms with E-state index in [0.29, 0.717) is 5.75 Å². The van der Waals surface area contributed by atoms with E-state index < -0.39 is 0 Å². The fraction of sp³-hybridized carbons (Fsp3) is 0.556. The van der Waals surface area contributed by atoms with Crippen LogP contribution in [-0.4, -0.2) is 26.2 Å². The largest absolute Gasteiger partial charge is 0.426 e. The SMILES string of the molecule is O=C(Oc1cccc(-n2cnnn2)c1)C12CC3CC(CC(C3)C1)C2. The molecule has 1 aromatic heterocycles. The number of hydrogen-bond donors (Lipinski definition) is 0. The highest BCUT2D eigenvalue weighted by molar-refractivity contribution is 5.80. The van der Waals surface area contributed by atoms with E-state index in [-0.39, 0.29) is 11.4 Å². The van der Waals surface area contributed by atoms with E-state index in [1.807, 2.05) is 24.3 Å². The molecule has 6 nitrogen and oxygen atoms in total. The number of carbonyl (C=O) groups is 1. The van der Waals surface area contributed by atoms with E-state index in [1.54, 1.807) is 4.68 Å². The average Bonchev–Trinajstić information content (AvgIpc) is 3.08. The van der Waals surface area contributed by atoms with Crippen LogP contribution in [0.5, 0.6) is 5.75 Å². The van der Waals surface area contributed by atoms with Gasteiger partial charge in [0.05, 0.1) is 11.1 Å². The van der Waals surface area contributed by atoms with Crippen molar-refractivity contribution in [1.29, 1.82) is 0 Å². The number of carbonyl (C=O) groups excluding carboxylic acids is 1. The molecule has 0 spiro atoms. The van der Waals surface area contributed by atoms with Gasteiger partial charge in [0.2, 0.25) is 0 Å². The van der Waals surface area contributed by atoms with E-state index >= 15 is 0 Å². The minimum atomic E-state index is -0.237. The van der Waals surface area contributed by atoms with Gasteiger partial charge < -0.3 is 4.74 Å². The molecule has 6 heteroatoms. The van der Waals surface area contributed by atoms with Crippen molar-refractivity contribution in [2.45, 2.75) is 38.5 Å². The highest BCUT2D eigenvalue weighted by Gasteiger charge is 2.55. The maximum atomic E-state index is 13.0. The average molecular weight is 324 g/mol. The van der Waals surface area contributed by atoms with Crippen molar-refractivity contribution in [3.05, 3.63) is 30.6 Å². The van der Waals surface area contributed by atoms with Gasteiger partial charge in [-0.1, -0.05) is 6.07 Å². The second-order valence-corrected chi connectivity index (χ2v) is 7.84. The van der Waals surface area contributed by atoms with Crippen molar-refractivity contribution in [3.8, 4) is 11.4 Å². The van der Waals surface area contributed by atoms with Crippen LogP contribution in [0.2, 0.25) is 0 Å². The Morgan fingerprint density at radius 3 is 2.46 bits per heavy atom. The lowest BCUT2D eigenvalue weighted by Crippen LogP contribution is -2.51. The zero-order valence-electron chi connectivity index (χ0n) is 13.5. The number of nitrogens with zero attached hydrogens (tertiary/aromatic N) is 4. The Morgan fingerprint density at radius 1 is 1.12 bits per heavy atom. The van der Waals surface area contributed by atoms with E-state index in [2.05, 4.69) is 15.5 Å². The molecule has 4 bridgehead atoms. The molecule has 4 aliphatic carbocycles. The standard InChI is InChI=1S/C18H20N4O2/c23-17(18-8-12-4-13(9-18)6-14(5-12)10-18)24-16-3-1-2-15(7-16)22-11-19-20-21-22/h1-3,7,11-14H,4-6,8-10H2. The first kappa shape index (κ1) is 14.1. The number of benzene rings is 1. The Kier molecular flexibility index (Phi) is 3.02. The van der Waals surface area contributed by atoms with Crippen molar-refractivity contribution in [1.82, 2.24) is 20.2 Å². The first-order valence-electron chi connectivity index (χ1n) is 8.76. The van der Waals surface area contributed by atoms with Gasteiger partial charge in [-0.05, 0) is 78.8 Å². The summed E-state index contributed by atoms with van der Waals surface area (Å²) in [6.07, 6.45) is 8.55. The summed E-state index contributed by atoms with van der Waals surface area (Å²) < 4.78 is 7.37. The van der Waals surface area contributed by atoms with Crippen LogP contribution in [-0.2, 0) is 4.79 Å². The van der Waals surface area contributed by atoms with Crippen molar-refractivity contribution >= 4 is 5.97 Å². The van der Waals surface area contributed by atoms with Gasteiger partial charge in [0.25, 0.3) is 0 Å². The van der Waals surface area contributed by atoms with E-state index in [0.717, 1.165) is 42.7 Å². The van der Waals surface area contributed by atoms with Crippen LogP contribution in [0.1, 0.15) is 38.5 Å². The molecular formula is C18H20N4O2. The normalized spacial score (nSPS) is 33.6. The molecule has 4 fully saturated rings. The summed E-state index contributed by atoms with van der Waals surface area (Å²) in [5.74, 6) is 2.74. The number of ether oxygens (including phenoxy) is 1. The predicted octanol–water partition coefficient (Wildman–Crippen LogP) is 2.78.